The van der Waals surface area contributed by atoms with Crippen LogP contribution in [0.1, 0.15) is 24.2 Å². The predicted octanol–water partition coefficient (Wildman–Crippen LogP) is 1.25. The minimum Gasteiger partial charge on any atom is -0.478 e. The first-order valence-electron chi connectivity index (χ1n) is 6.11. The van der Waals surface area contributed by atoms with E-state index in [2.05, 4.69) is 5.32 Å². The molecule has 0 bridgehead atoms. The van der Waals surface area contributed by atoms with Crippen LogP contribution in [0.25, 0.3) is 0 Å². The molecular weight excluding hydrogens is 281 g/mol. The molecule has 8 heteroatoms. The Labute approximate surface area is 120 Å². The molecule has 0 radical (unpaired) electrons. The first-order valence-corrected chi connectivity index (χ1v) is 6.11. The van der Waals surface area contributed by atoms with Crippen molar-refractivity contribution < 1.29 is 23.9 Å². The maximum absolute atomic E-state index is 13.6. The summed E-state index contributed by atoms with van der Waals surface area (Å²) in [4.78, 5) is 34.9. The number of urea groups is 1. The number of carbonyl (C=O) groups excluding carboxylic acids is 2. The number of hydrogen-bond donors (Lipinski definition) is 3. The van der Waals surface area contributed by atoms with Crippen LogP contribution in [0.5, 0.6) is 0 Å². The van der Waals surface area contributed by atoms with E-state index in [0.717, 1.165) is 23.1 Å². The Hall–Kier alpha value is -2.64. The summed E-state index contributed by atoms with van der Waals surface area (Å²) in [7, 11) is 0. The Balaban J connectivity index is 2.97. The number of primary amides is 1. The molecule has 21 heavy (non-hydrogen) atoms. The van der Waals surface area contributed by atoms with Crippen LogP contribution in [-0.4, -0.2) is 40.5 Å². The van der Waals surface area contributed by atoms with Crippen LogP contribution in [0.4, 0.5) is 14.9 Å². The van der Waals surface area contributed by atoms with Crippen molar-refractivity contribution in [2.45, 2.75) is 19.9 Å². The van der Waals surface area contributed by atoms with E-state index in [1.807, 2.05) is 0 Å². The Morgan fingerprint density at radius 1 is 1.38 bits per heavy atom. The maximum Gasteiger partial charge on any atom is 0.335 e. The van der Waals surface area contributed by atoms with E-state index in [-0.39, 0.29) is 23.8 Å². The second kappa shape index (κ2) is 6.69. The van der Waals surface area contributed by atoms with Gasteiger partial charge >= 0.3 is 12.0 Å². The lowest BCUT2D eigenvalue weighted by molar-refractivity contribution is -0.118. The number of anilines is 1. The highest BCUT2D eigenvalue weighted by Crippen LogP contribution is 2.17. The third-order valence-electron chi connectivity index (χ3n) is 2.67. The minimum absolute atomic E-state index is 0.169. The molecule has 1 rings (SSSR count). The van der Waals surface area contributed by atoms with Gasteiger partial charge in [-0.15, -0.1) is 0 Å². The lowest BCUT2D eigenvalue weighted by atomic mass is 10.2. The number of halogens is 1. The van der Waals surface area contributed by atoms with E-state index in [9.17, 15) is 18.8 Å². The summed E-state index contributed by atoms with van der Waals surface area (Å²) in [5, 5.41) is 11.1. The summed E-state index contributed by atoms with van der Waals surface area (Å²) in [5.41, 5.74) is 4.59. The molecule has 0 spiro atoms. The number of amides is 3. The molecule has 0 aliphatic heterocycles. The molecule has 0 fully saturated rings. The van der Waals surface area contributed by atoms with Gasteiger partial charge < -0.3 is 21.1 Å². The van der Waals surface area contributed by atoms with E-state index in [4.69, 9.17) is 10.8 Å². The third kappa shape index (κ3) is 4.44. The zero-order valence-corrected chi connectivity index (χ0v) is 11.6. The van der Waals surface area contributed by atoms with Crippen LogP contribution >= 0.6 is 0 Å². The van der Waals surface area contributed by atoms with Gasteiger partial charge in [0.1, 0.15) is 12.4 Å². The normalized spacial score (nSPS) is 10.3. The minimum atomic E-state index is -1.25. The zero-order chi connectivity index (χ0) is 16.2. The van der Waals surface area contributed by atoms with Gasteiger partial charge in [0.15, 0.2) is 0 Å². The molecule has 0 saturated heterocycles. The summed E-state index contributed by atoms with van der Waals surface area (Å²) in [5.74, 6) is -2.74. The van der Waals surface area contributed by atoms with Crippen LogP contribution in [0.15, 0.2) is 18.2 Å². The van der Waals surface area contributed by atoms with Crippen molar-refractivity contribution in [3.05, 3.63) is 29.6 Å². The Bertz CT molecular complexity index is 575. The number of benzene rings is 1. The SMILES string of the molecule is CC(C)N(CC(N)=O)C(=O)Nc1cc(C(=O)O)ccc1F. The number of hydrogen-bond acceptors (Lipinski definition) is 3. The second-order valence-corrected chi connectivity index (χ2v) is 4.62. The topological polar surface area (TPSA) is 113 Å². The number of nitrogens with one attached hydrogen (secondary N) is 1. The summed E-state index contributed by atoms with van der Waals surface area (Å²) in [6, 6.07) is 1.93. The maximum atomic E-state index is 13.6. The quantitative estimate of drug-likeness (QED) is 0.759. The van der Waals surface area contributed by atoms with Crippen LogP contribution in [-0.2, 0) is 4.79 Å². The van der Waals surface area contributed by atoms with Crippen molar-refractivity contribution in [3.63, 3.8) is 0 Å². The third-order valence-corrected chi connectivity index (χ3v) is 2.67. The van der Waals surface area contributed by atoms with Crippen molar-refractivity contribution in [2.75, 3.05) is 11.9 Å². The fourth-order valence-electron chi connectivity index (χ4n) is 1.60. The number of rotatable bonds is 5. The van der Waals surface area contributed by atoms with E-state index >= 15 is 0 Å². The van der Waals surface area contributed by atoms with Crippen LogP contribution in [0, 0.1) is 5.82 Å². The van der Waals surface area contributed by atoms with Gasteiger partial charge in [0.05, 0.1) is 11.3 Å². The molecule has 0 aromatic heterocycles. The molecular formula is C13H16FN3O4. The number of nitrogens with zero attached hydrogens (tertiary/aromatic N) is 1. The monoisotopic (exact) mass is 297 g/mol. The smallest absolute Gasteiger partial charge is 0.335 e. The lowest BCUT2D eigenvalue weighted by Gasteiger charge is -2.25. The van der Waals surface area contributed by atoms with E-state index in [1.54, 1.807) is 13.8 Å². The fourth-order valence-corrected chi connectivity index (χ4v) is 1.60. The Kier molecular flexibility index (Phi) is 5.23. The molecule has 0 atom stereocenters. The van der Waals surface area contributed by atoms with Crippen LogP contribution in [0.2, 0.25) is 0 Å². The highest BCUT2D eigenvalue weighted by molar-refractivity contribution is 5.94. The van der Waals surface area contributed by atoms with Gasteiger partial charge in [0.2, 0.25) is 5.91 Å². The fraction of sp³-hybridized carbons (Fsp3) is 0.308. The molecule has 4 N–H and O–H groups in total. The number of aromatic carboxylic acids is 1. The molecule has 1 aromatic rings. The average Bonchev–Trinajstić information content (AvgIpc) is 2.37. The van der Waals surface area contributed by atoms with Gasteiger partial charge in [-0.1, -0.05) is 0 Å². The Morgan fingerprint density at radius 2 is 2.00 bits per heavy atom. The standard InChI is InChI=1S/C13H16FN3O4/c1-7(2)17(6-11(15)18)13(21)16-10-5-8(12(19)20)3-4-9(10)14/h3-5,7H,6H2,1-2H3,(H2,15,18)(H,16,21)(H,19,20). The van der Waals surface area contributed by atoms with Gasteiger partial charge in [0, 0.05) is 6.04 Å². The first kappa shape index (κ1) is 16.4. The van der Waals surface area contributed by atoms with Crippen molar-refractivity contribution in [3.8, 4) is 0 Å². The number of nitrogens with two attached hydrogens (primary N) is 1. The molecule has 114 valence electrons. The van der Waals surface area contributed by atoms with Gasteiger partial charge in [-0.05, 0) is 32.0 Å². The van der Waals surface area contributed by atoms with E-state index in [0.29, 0.717) is 0 Å². The number of carboxylic acids is 1. The van der Waals surface area contributed by atoms with E-state index in [1.165, 1.54) is 0 Å². The highest BCUT2D eigenvalue weighted by atomic mass is 19.1. The summed E-state index contributed by atoms with van der Waals surface area (Å²) in [6.45, 7) is 2.99. The van der Waals surface area contributed by atoms with E-state index < -0.39 is 23.7 Å². The van der Waals surface area contributed by atoms with Crippen molar-refractivity contribution >= 4 is 23.6 Å². The molecule has 7 nitrogen and oxygen atoms in total. The summed E-state index contributed by atoms with van der Waals surface area (Å²) < 4.78 is 13.6. The van der Waals surface area contributed by atoms with Gasteiger partial charge in [0.25, 0.3) is 0 Å². The summed E-state index contributed by atoms with van der Waals surface area (Å²) in [6.07, 6.45) is 0. The zero-order valence-electron chi connectivity index (χ0n) is 11.6. The van der Waals surface area contributed by atoms with Gasteiger partial charge in [-0.2, -0.15) is 0 Å². The molecule has 3 amide bonds. The van der Waals surface area contributed by atoms with Gasteiger partial charge in [-0.3, -0.25) is 4.79 Å². The predicted molar refractivity (Wildman–Crippen MR) is 73.4 cm³/mol. The number of carbonyl (C=O) groups is 3. The molecule has 0 unspecified atom stereocenters. The van der Waals surface area contributed by atoms with Crippen LogP contribution < -0.4 is 11.1 Å². The second-order valence-electron chi connectivity index (χ2n) is 4.62. The van der Waals surface area contributed by atoms with Crippen molar-refractivity contribution in [1.29, 1.82) is 0 Å². The molecule has 1 aromatic carbocycles. The highest BCUT2D eigenvalue weighted by Gasteiger charge is 2.20. The molecule has 0 heterocycles. The van der Waals surface area contributed by atoms with Crippen LogP contribution in [0.3, 0.4) is 0 Å². The summed E-state index contributed by atoms with van der Waals surface area (Å²) >= 11 is 0. The molecule has 0 aliphatic carbocycles. The lowest BCUT2D eigenvalue weighted by Crippen LogP contribution is -2.45. The molecule has 0 saturated carbocycles. The van der Waals surface area contributed by atoms with Crippen molar-refractivity contribution in [2.24, 2.45) is 5.73 Å². The first-order chi connectivity index (χ1) is 9.72. The average molecular weight is 297 g/mol. The number of carboxylic acid groups (broad SMARTS) is 1. The Morgan fingerprint density at radius 3 is 2.48 bits per heavy atom. The largest absolute Gasteiger partial charge is 0.478 e. The molecule has 0 aliphatic rings. The van der Waals surface area contributed by atoms with Crippen molar-refractivity contribution in [1.82, 2.24) is 4.90 Å². The van der Waals surface area contributed by atoms with Gasteiger partial charge in [-0.25, -0.2) is 14.0 Å².